The first-order chi connectivity index (χ1) is 17.3. The van der Waals surface area contributed by atoms with Crippen LogP contribution in [0.2, 0.25) is 0 Å². The van der Waals surface area contributed by atoms with Crippen molar-refractivity contribution in [3.63, 3.8) is 0 Å². The maximum atomic E-state index is 13.1. The van der Waals surface area contributed by atoms with Gasteiger partial charge < -0.3 is 26.7 Å². The van der Waals surface area contributed by atoms with E-state index in [1.807, 2.05) is 6.92 Å². The van der Waals surface area contributed by atoms with Crippen molar-refractivity contribution in [1.29, 1.82) is 0 Å². The number of nitrogens with one attached hydrogen (secondary N) is 1. The number of hydrogen-bond acceptors (Lipinski definition) is 14. The van der Waals surface area contributed by atoms with Crippen LogP contribution in [0.5, 0.6) is 0 Å². The van der Waals surface area contributed by atoms with Crippen LogP contribution in [-0.4, -0.2) is 84.3 Å². The highest BCUT2D eigenvalue weighted by atomic mass is 35.5. The highest BCUT2D eigenvalue weighted by Crippen LogP contribution is 2.41. The summed E-state index contributed by atoms with van der Waals surface area (Å²) in [6.45, 7) is 2.07. The van der Waals surface area contributed by atoms with Gasteiger partial charge in [-0.3, -0.25) is 14.5 Å². The number of rotatable bonds is 11. The number of aliphatic carboxylic acids is 1. The lowest BCUT2D eigenvalue weighted by Crippen LogP contribution is -2.71. The molecule has 0 radical (unpaired) electrons. The zero-order valence-corrected chi connectivity index (χ0v) is 24.5. The summed E-state index contributed by atoms with van der Waals surface area (Å²) in [7, 11) is 0. The van der Waals surface area contributed by atoms with E-state index in [1.165, 1.54) is 39.8 Å². The average Bonchev–Trinajstić information content (AvgIpc) is 3.55. The lowest BCUT2D eigenvalue weighted by Gasteiger charge is -2.49. The fourth-order valence-electron chi connectivity index (χ4n) is 3.39. The summed E-state index contributed by atoms with van der Waals surface area (Å²) in [5, 5.41) is 25.4. The predicted octanol–water partition coefficient (Wildman–Crippen LogP) is 1.41. The standard InChI is InChI=1S/C19H22N8O5S4.2ClH/c1-2-9(3-20)32-26-11(10-6-34-18(21)23-10)14(28)24-12-15(29)27-13(17(30)31)8(4-33-16(12)27)5-35-19-25-22-7-36-19;;/h6-7,9,12,16H,2-5,20H2,1H3,(H2,21,23)(H,24,28)(H,30,31);2*1H/t9?,12?,16-;;/m0../s1. The molecule has 0 aromatic carbocycles. The summed E-state index contributed by atoms with van der Waals surface area (Å²) in [5.74, 6) is -1.68. The van der Waals surface area contributed by atoms with Crippen molar-refractivity contribution >= 4 is 99.6 Å². The number of carbonyl (C=O) groups excluding carboxylic acids is 2. The second-order valence-corrected chi connectivity index (χ2v) is 11.5. The molecule has 2 unspecified atom stereocenters. The number of thioether (sulfide) groups is 2. The van der Waals surface area contributed by atoms with E-state index in [2.05, 4.69) is 25.7 Å². The van der Waals surface area contributed by atoms with Gasteiger partial charge in [0, 0.05) is 23.4 Å². The van der Waals surface area contributed by atoms with Crippen molar-refractivity contribution in [3.8, 4) is 0 Å². The molecule has 0 bridgehead atoms. The number of fused-ring (bicyclic) bond motifs is 1. The number of nitrogen functional groups attached to an aromatic ring is 1. The highest BCUT2D eigenvalue weighted by molar-refractivity contribution is 8.01. The molecule has 0 saturated carbocycles. The van der Waals surface area contributed by atoms with E-state index in [-0.39, 0.29) is 53.6 Å². The zero-order chi connectivity index (χ0) is 25.8. The van der Waals surface area contributed by atoms with Crippen molar-refractivity contribution in [2.75, 3.05) is 23.8 Å². The van der Waals surface area contributed by atoms with Gasteiger partial charge in [-0.1, -0.05) is 35.2 Å². The first kappa shape index (κ1) is 32.1. The smallest absolute Gasteiger partial charge is 0.352 e. The highest BCUT2D eigenvalue weighted by Gasteiger charge is 2.54. The topological polar surface area (TPSA) is 199 Å². The lowest BCUT2D eigenvalue weighted by atomic mass is 10.0. The van der Waals surface area contributed by atoms with Gasteiger partial charge in [0.15, 0.2) is 15.2 Å². The molecular weight excluding hydrogens is 619 g/mol. The fourth-order valence-corrected chi connectivity index (χ4v) is 6.91. The van der Waals surface area contributed by atoms with Gasteiger partial charge in [0.25, 0.3) is 11.8 Å². The third-order valence-electron chi connectivity index (χ3n) is 5.24. The van der Waals surface area contributed by atoms with E-state index in [0.29, 0.717) is 27.8 Å². The number of carbonyl (C=O) groups is 3. The summed E-state index contributed by atoms with van der Waals surface area (Å²) in [6.07, 6.45) is 0.172. The molecule has 4 heterocycles. The zero-order valence-electron chi connectivity index (χ0n) is 19.6. The number of carboxylic acids is 1. The van der Waals surface area contributed by atoms with Gasteiger partial charge in [0.05, 0.1) is 0 Å². The number of carboxylic acid groups (broad SMARTS) is 1. The Morgan fingerprint density at radius 2 is 2.16 bits per heavy atom. The SMILES string of the molecule is CCC(CN)ON=C(C(=O)NC1C(=O)N2C(C(=O)O)=C(CSc3nncs3)CS[C@@H]12)c1csc(N)n1.Cl.Cl. The van der Waals surface area contributed by atoms with E-state index in [9.17, 15) is 19.5 Å². The molecule has 2 aliphatic rings. The second-order valence-electron chi connectivity index (χ2n) is 7.49. The van der Waals surface area contributed by atoms with E-state index < -0.39 is 35.3 Å². The number of nitrogens with zero attached hydrogens (tertiary/aromatic N) is 5. The number of nitrogens with two attached hydrogens (primary N) is 2. The first-order valence-electron chi connectivity index (χ1n) is 10.6. The Labute approximate surface area is 246 Å². The van der Waals surface area contributed by atoms with Crippen LogP contribution >= 0.6 is 71.0 Å². The molecule has 6 N–H and O–H groups in total. The van der Waals surface area contributed by atoms with Crippen molar-refractivity contribution in [2.24, 2.45) is 10.9 Å². The minimum absolute atomic E-state index is 0. The van der Waals surface area contributed by atoms with Gasteiger partial charge in [-0.25, -0.2) is 9.78 Å². The molecule has 208 valence electrons. The molecule has 4 rings (SSSR count). The van der Waals surface area contributed by atoms with Gasteiger partial charge in [-0.05, 0) is 12.0 Å². The second kappa shape index (κ2) is 14.3. The maximum Gasteiger partial charge on any atom is 0.352 e. The summed E-state index contributed by atoms with van der Waals surface area (Å²) in [6, 6.07) is -0.938. The van der Waals surface area contributed by atoms with E-state index >= 15 is 0 Å². The molecular formula is C19H24Cl2N8O5S4. The van der Waals surface area contributed by atoms with Gasteiger partial charge in [0.1, 0.15) is 34.4 Å². The normalized spacial score (nSPS) is 19.5. The fraction of sp³-hybridized carbons (Fsp3) is 0.421. The number of hydrogen-bond donors (Lipinski definition) is 4. The van der Waals surface area contributed by atoms with Gasteiger partial charge in [0.2, 0.25) is 0 Å². The average molecular weight is 644 g/mol. The molecule has 1 fully saturated rings. The van der Waals surface area contributed by atoms with Crippen LogP contribution < -0.4 is 16.8 Å². The molecule has 2 aromatic rings. The van der Waals surface area contributed by atoms with Gasteiger partial charge in [-0.2, -0.15) is 0 Å². The van der Waals surface area contributed by atoms with Crippen molar-refractivity contribution in [1.82, 2.24) is 25.4 Å². The first-order valence-corrected chi connectivity index (χ1v) is 14.4. The number of oxime groups is 1. The van der Waals surface area contributed by atoms with Gasteiger partial charge in [-0.15, -0.1) is 58.1 Å². The van der Waals surface area contributed by atoms with Crippen LogP contribution in [0, 0.1) is 0 Å². The summed E-state index contributed by atoms with van der Waals surface area (Å²) in [5.41, 5.74) is 13.5. The predicted molar refractivity (Wildman–Crippen MR) is 152 cm³/mol. The van der Waals surface area contributed by atoms with Crippen molar-refractivity contribution in [3.05, 3.63) is 27.9 Å². The largest absolute Gasteiger partial charge is 0.477 e. The minimum atomic E-state index is -1.20. The van der Waals surface area contributed by atoms with Gasteiger partial charge >= 0.3 is 5.97 Å². The van der Waals surface area contributed by atoms with E-state index in [0.717, 1.165) is 11.3 Å². The molecule has 0 spiro atoms. The van der Waals surface area contributed by atoms with Crippen molar-refractivity contribution in [2.45, 2.75) is 35.2 Å². The quantitative estimate of drug-likeness (QED) is 0.119. The molecule has 38 heavy (non-hydrogen) atoms. The molecule has 2 aliphatic heterocycles. The Morgan fingerprint density at radius 1 is 1.39 bits per heavy atom. The molecule has 13 nitrogen and oxygen atoms in total. The molecule has 3 atom stereocenters. The van der Waals surface area contributed by atoms with E-state index in [1.54, 1.807) is 10.9 Å². The molecule has 1 saturated heterocycles. The number of aromatic nitrogens is 3. The number of halogens is 2. The summed E-state index contributed by atoms with van der Waals surface area (Å²) >= 11 is 5.21. The number of anilines is 1. The maximum absolute atomic E-state index is 13.1. The van der Waals surface area contributed by atoms with Crippen LogP contribution in [0.25, 0.3) is 0 Å². The number of thiazole rings is 1. The van der Waals surface area contributed by atoms with Crippen molar-refractivity contribution < 1.29 is 24.3 Å². The van der Waals surface area contributed by atoms with Crippen LogP contribution in [0.15, 0.2) is 31.7 Å². The molecule has 0 aliphatic carbocycles. The lowest BCUT2D eigenvalue weighted by molar-refractivity contribution is -0.150. The van der Waals surface area contributed by atoms with E-state index in [4.69, 9.17) is 16.3 Å². The Balaban J connectivity index is 0.00000253. The third-order valence-corrected chi connectivity index (χ3v) is 9.20. The Morgan fingerprint density at radius 3 is 2.74 bits per heavy atom. The molecule has 19 heteroatoms. The molecule has 2 aromatic heterocycles. The Bertz CT molecular complexity index is 1210. The monoisotopic (exact) mass is 642 g/mol. The Kier molecular flexibility index (Phi) is 12.1. The van der Waals surface area contributed by atoms with Crippen LogP contribution in [0.4, 0.5) is 5.13 Å². The minimum Gasteiger partial charge on any atom is -0.477 e. The number of amides is 2. The summed E-state index contributed by atoms with van der Waals surface area (Å²) < 4.78 is 0.705. The molecule has 2 amide bonds. The van der Waals surface area contributed by atoms with Crippen LogP contribution in [0.1, 0.15) is 19.0 Å². The summed E-state index contributed by atoms with van der Waals surface area (Å²) in [4.78, 5) is 48.9. The third kappa shape index (κ3) is 6.88. The number of β-lactam (4-membered cyclic amide) rings is 1. The van der Waals surface area contributed by atoms with Crippen LogP contribution in [0.3, 0.4) is 0 Å². The van der Waals surface area contributed by atoms with Crippen LogP contribution in [-0.2, 0) is 19.2 Å². The Hall–Kier alpha value is -2.15.